The van der Waals surface area contributed by atoms with E-state index >= 15 is 0 Å². The monoisotopic (exact) mass is 228 g/mol. The standard InChI is InChI=1S/C10H16N2S2/c1-11-5-4-8-7-12-10(14-8)9-3-2-6-13-9/h7,9,11H,2-6H2,1H3. The topological polar surface area (TPSA) is 24.9 Å². The van der Waals surface area contributed by atoms with E-state index in [0.29, 0.717) is 5.25 Å². The summed E-state index contributed by atoms with van der Waals surface area (Å²) >= 11 is 3.96. The molecule has 0 spiro atoms. The van der Waals surface area contributed by atoms with E-state index in [4.69, 9.17) is 0 Å². The minimum atomic E-state index is 0.698. The fourth-order valence-corrected chi connectivity index (χ4v) is 4.04. The molecule has 0 saturated carbocycles. The van der Waals surface area contributed by atoms with Gasteiger partial charge in [-0.25, -0.2) is 4.98 Å². The van der Waals surface area contributed by atoms with Gasteiger partial charge in [-0.3, -0.25) is 0 Å². The Kier molecular flexibility index (Phi) is 3.84. The summed E-state index contributed by atoms with van der Waals surface area (Å²) in [7, 11) is 1.99. The Morgan fingerprint density at radius 3 is 3.29 bits per heavy atom. The molecule has 14 heavy (non-hydrogen) atoms. The molecule has 1 N–H and O–H groups in total. The molecule has 1 atom stereocenters. The number of nitrogens with one attached hydrogen (secondary N) is 1. The Balaban J connectivity index is 1.94. The average molecular weight is 228 g/mol. The number of hydrogen-bond donors (Lipinski definition) is 1. The fraction of sp³-hybridized carbons (Fsp3) is 0.700. The van der Waals surface area contributed by atoms with E-state index in [1.807, 2.05) is 18.4 Å². The molecular weight excluding hydrogens is 212 g/mol. The average Bonchev–Trinajstić information content (AvgIpc) is 2.85. The maximum absolute atomic E-state index is 4.52. The predicted octanol–water partition coefficient (Wildman–Crippen LogP) is 2.47. The Morgan fingerprint density at radius 2 is 2.57 bits per heavy atom. The summed E-state index contributed by atoms with van der Waals surface area (Å²) < 4.78 is 0. The molecule has 1 aliphatic heterocycles. The van der Waals surface area contributed by atoms with Crippen molar-refractivity contribution in [1.29, 1.82) is 0 Å². The van der Waals surface area contributed by atoms with E-state index in [2.05, 4.69) is 28.3 Å². The van der Waals surface area contributed by atoms with Crippen LogP contribution in [0.4, 0.5) is 0 Å². The Bertz CT molecular complexity index is 279. The minimum absolute atomic E-state index is 0.698. The first-order valence-electron chi connectivity index (χ1n) is 5.11. The zero-order valence-electron chi connectivity index (χ0n) is 8.45. The van der Waals surface area contributed by atoms with Crippen LogP contribution < -0.4 is 5.32 Å². The summed E-state index contributed by atoms with van der Waals surface area (Å²) in [5.74, 6) is 1.32. The second kappa shape index (κ2) is 5.14. The van der Waals surface area contributed by atoms with Gasteiger partial charge in [0, 0.05) is 11.1 Å². The van der Waals surface area contributed by atoms with Crippen LogP contribution in [0.2, 0.25) is 0 Å². The zero-order valence-corrected chi connectivity index (χ0v) is 10.1. The molecule has 0 bridgehead atoms. The Morgan fingerprint density at radius 1 is 1.64 bits per heavy atom. The number of thioether (sulfide) groups is 1. The molecule has 1 fully saturated rings. The molecule has 4 heteroatoms. The fourth-order valence-electron chi connectivity index (χ4n) is 1.61. The lowest BCUT2D eigenvalue weighted by Crippen LogP contribution is -2.09. The summed E-state index contributed by atoms with van der Waals surface area (Å²) in [6.45, 7) is 1.06. The molecule has 1 saturated heterocycles. The van der Waals surface area contributed by atoms with Gasteiger partial charge in [-0.15, -0.1) is 11.3 Å². The highest BCUT2D eigenvalue weighted by atomic mass is 32.2. The van der Waals surface area contributed by atoms with Crippen molar-refractivity contribution in [1.82, 2.24) is 10.3 Å². The summed E-state index contributed by atoms with van der Waals surface area (Å²) in [5.41, 5.74) is 0. The molecule has 0 aromatic carbocycles. The van der Waals surface area contributed by atoms with Gasteiger partial charge in [0.25, 0.3) is 0 Å². The lowest BCUT2D eigenvalue weighted by molar-refractivity contribution is 0.797. The highest BCUT2D eigenvalue weighted by molar-refractivity contribution is 7.99. The first-order valence-corrected chi connectivity index (χ1v) is 6.97. The maximum atomic E-state index is 4.52. The van der Waals surface area contributed by atoms with Crippen molar-refractivity contribution in [3.8, 4) is 0 Å². The predicted molar refractivity (Wildman–Crippen MR) is 64.2 cm³/mol. The summed E-state index contributed by atoms with van der Waals surface area (Å²) in [5, 5.41) is 5.21. The quantitative estimate of drug-likeness (QED) is 0.857. The maximum Gasteiger partial charge on any atom is 0.106 e. The van der Waals surface area contributed by atoms with Crippen molar-refractivity contribution in [2.75, 3.05) is 19.3 Å². The van der Waals surface area contributed by atoms with Crippen molar-refractivity contribution in [3.63, 3.8) is 0 Å². The van der Waals surface area contributed by atoms with E-state index in [-0.39, 0.29) is 0 Å². The smallest absolute Gasteiger partial charge is 0.106 e. The molecular formula is C10H16N2S2. The van der Waals surface area contributed by atoms with E-state index in [0.717, 1.165) is 13.0 Å². The molecule has 2 heterocycles. The number of thiazole rings is 1. The SMILES string of the molecule is CNCCc1cnc(C2CCCS2)s1. The largest absolute Gasteiger partial charge is 0.319 e. The number of nitrogens with zero attached hydrogens (tertiary/aromatic N) is 1. The van der Waals surface area contributed by atoms with Gasteiger partial charge < -0.3 is 5.32 Å². The Hall–Kier alpha value is -0.0600. The molecule has 1 aromatic rings. The van der Waals surface area contributed by atoms with Crippen LogP contribution in [0.15, 0.2) is 6.20 Å². The van der Waals surface area contributed by atoms with Crippen LogP contribution in [0, 0.1) is 0 Å². The molecule has 0 radical (unpaired) electrons. The lowest BCUT2D eigenvalue weighted by Gasteiger charge is -2.01. The molecule has 0 aliphatic carbocycles. The van der Waals surface area contributed by atoms with Crippen LogP contribution in [0.25, 0.3) is 0 Å². The number of rotatable bonds is 4. The normalized spacial score (nSPS) is 21.6. The second-order valence-electron chi connectivity index (χ2n) is 3.52. The molecule has 0 amide bonds. The van der Waals surface area contributed by atoms with Crippen LogP contribution in [0.5, 0.6) is 0 Å². The van der Waals surface area contributed by atoms with Crippen molar-refractivity contribution >= 4 is 23.1 Å². The number of aromatic nitrogens is 1. The van der Waals surface area contributed by atoms with Gasteiger partial charge >= 0.3 is 0 Å². The van der Waals surface area contributed by atoms with Gasteiger partial charge in [-0.05, 0) is 38.6 Å². The van der Waals surface area contributed by atoms with E-state index < -0.39 is 0 Å². The minimum Gasteiger partial charge on any atom is -0.319 e. The number of likely N-dealkylation sites (N-methyl/N-ethyl adjacent to an activating group) is 1. The first-order chi connectivity index (χ1) is 6.90. The number of hydrogen-bond acceptors (Lipinski definition) is 4. The van der Waals surface area contributed by atoms with E-state index in [9.17, 15) is 0 Å². The molecule has 2 rings (SSSR count). The van der Waals surface area contributed by atoms with E-state index in [1.54, 1.807) is 0 Å². The highest BCUT2D eigenvalue weighted by Crippen LogP contribution is 2.41. The van der Waals surface area contributed by atoms with Crippen LogP contribution in [0.1, 0.15) is 28.0 Å². The molecule has 2 nitrogen and oxygen atoms in total. The molecule has 1 aromatic heterocycles. The van der Waals surface area contributed by atoms with Crippen molar-refractivity contribution in [2.45, 2.75) is 24.5 Å². The van der Waals surface area contributed by atoms with Gasteiger partial charge in [-0.1, -0.05) is 0 Å². The third-order valence-electron chi connectivity index (χ3n) is 2.40. The van der Waals surface area contributed by atoms with Gasteiger partial charge in [0.2, 0.25) is 0 Å². The third-order valence-corrected chi connectivity index (χ3v) is 5.10. The van der Waals surface area contributed by atoms with Crippen LogP contribution in [0.3, 0.4) is 0 Å². The summed E-state index contributed by atoms with van der Waals surface area (Å²) in [6, 6.07) is 0. The third kappa shape index (κ3) is 2.49. The van der Waals surface area contributed by atoms with Crippen LogP contribution >= 0.6 is 23.1 Å². The van der Waals surface area contributed by atoms with Crippen molar-refractivity contribution < 1.29 is 0 Å². The molecule has 1 unspecified atom stereocenters. The van der Waals surface area contributed by atoms with Gasteiger partial charge in [0.05, 0.1) is 5.25 Å². The molecule has 1 aliphatic rings. The first kappa shape index (κ1) is 10.5. The molecule has 78 valence electrons. The van der Waals surface area contributed by atoms with Crippen LogP contribution in [-0.2, 0) is 6.42 Å². The highest BCUT2D eigenvalue weighted by Gasteiger charge is 2.20. The van der Waals surface area contributed by atoms with Crippen LogP contribution in [-0.4, -0.2) is 24.3 Å². The second-order valence-corrected chi connectivity index (χ2v) is 5.98. The van der Waals surface area contributed by atoms with Gasteiger partial charge in [0.15, 0.2) is 0 Å². The van der Waals surface area contributed by atoms with Crippen molar-refractivity contribution in [3.05, 3.63) is 16.1 Å². The summed E-state index contributed by atoms with van der Waals surface area (Å²) in [4.78, 5) is 5.94. The van der Waals surface area contributed by atoms with Gasteiger partial charge in [-0.2, -0.15) is 11.8 Å². The zero-order chi connectivity index (χ0) is 9.80. The van der Waals surface area contributed by atoms with Crippen molar-refractivity contribution in [2.24, 2.45) is 0 Å². The van der Waals surface area contributed by atoms with Gasteiger partial charge in [0.1, 0.15) is 5.01 Å². The summed E-state index contributed by atoms with van der Waals surface area (Å²) in [6.07, 6.45) is 5.85. The Labute approximate surface area is 93.5 Å². The van der Waals surface area contributed by atoms with E-state index in [1.165, 1.54) is 28.5 Å². The lowest BCUT2D eigenvalue weighted by atomic mass is 10.3.